The van der Waals surface area contributed by atoms with Crippen molar-refractivity contribution < 1.29 is 9.53 Å². The molecule has 1 aromatic heterocycles. The molecule has 1 unspecified atom stereocenters. The molecule has 0 saturated heterocycles. The maximum Gasteiger partial charge on any atom is 0.307 e. The van der Waals surface area contributed by atoms with Gasteiger partial charge in [-0.3, -0.25) is 9.59 Å². The van der Waals surface area contributed by atoms with Crippen LogP contribution in [0.3, 0.4) is 0 Å². The number of carbonyl (C=O) groups excluding carboxylic acids is 1. The standard InChI is InChI=1S/C10H14N2O3/c1-2-15-10(14)5-8(11)7-3-4-9(13)12-6-7/h3-4,6,8H,2,5,11H2,1H3,(H,12,13). The van der Waals surface area contributed by atoms with Crippen LogP contribution < -0.4 is 11.3 Å². The number of nitrogens with one attached hydrogen (secondary N) is 1. The van der Waals surface area contributed by atoms with Gasteiger partial charge in [0, 0.05) is 18.3 Å². The Bertz CT molecular complexity index is 366. The van der Waals surface area contributed by atoms with Gasteiger partial charge in [0.1, 0.15) is 0 Å². The number of aromatic amines is 1. The second kappa shape index (κ2) is 5.31. The third kappa shape index (κ3) is 3.55. The lowest BCUT2D eigenvalue weighted by Gasteiger charge is -2.10. The van der Waals surface area contributed by atoms with E-state index in [9.17, 15) is 9.59 Å². The molecule has 5 nitrogen and oxygen atoms in total. The van der Waals surface area contributed by atoms with Crippen LogP contribution in [0.2, 0.25) is 0 Å². The molecule has 0 bridgehead atoms. The summed E-state index contributed by atoms with van der Waals surface area (Å²) >= 11 is 0. The summed E-state index contributed by atoms with van der Waals surface area (Å²) < 4.78 is 4.77. The molecule has 0 radical (unpaired) electrons. The van der Waals surface area contributed by atoms with Gasteiger partial charge in [-0.05, 0) is 12.5 Å². The summed E-state index contributed by atoms with van der Waals surface area (Å²) in [6, 6.07) is 2.53. The molecular formula is C10H14N2O3. The normalized spacial score (nSPS) is 12.1. The molecule has 0 aliphatic heterocycles. The first-order chi connectivity index (χ1) is 7.13. The molecule has 82 valence electrons. The summed E-state index contributed by atoms with van der Waals surface area (Å²) in [5, 5.41) is 0. The van der Waals surface area contributed by atoms with Crippen LogP contribution in [0.5, 0.6) is 0 Å². The van der Waals surface area contributed by atoms with E-state index >= 15 is 0 Å². The van der Waals surface area contributed by atoms with E-state index in [1.165, 1.54) is 12.3 Å². The third-order valence-corrected chi connectivity index (χ3v) is 1.93. The first-order valence-electron chi connectivity index (χ1n) is 4.73. The Balaban J connectivity index is 2.60. The number of H-pyrrole nitrogens is 1. The Morgan fingerprint density at radius 2 is 2.33 bits per heavy atom. The maximum absolute atomic E-state index is 11.1. The minimum Gasteiger partial charge on any atom is -0.466 e. The van der Waals surface area contributed by atoms with Crippen molar-refractivity contribution in [3.63, 3.8) is 0 Å². The van der Waals surface area contributed by atoms with Crippen LogP contribution in [0.25, 0.3) is 0 Å². The Labute approximate surface area is 87.3 Å². The van der Waals surface area contributed by atoms with Gasteiger partial charge in [-0.25, -0.2) is 0 Å². The van der Waals surface area contributed by atoms with Gasteiger partial charge in [-0.2, -0.15) is 0 Å². The third-order valence-electron chi connectivity index (χ3n) is 1.93. The number of esters is 1. The molecule has 5 heteroatoms. The highest BCUT2D eigenvalue weighted by molar-refractivity contribution is 5.70. The van der Waals surface area contributed by atoms with E-state index < -0.39 is 6.04 Å². The van der Waals surface area contributed by atoms with Crippen molar-refractivity contribution in [2.45, 2.75) is 19.4 Å². The minimum absolute atomic E-state index is 0.111. The molecule has 0 amide bonds. The summed E-state index contributed by atoms with van der Waals surface area (Å²) in [6.07, 6.45) is 1.62. The number of carbonyl (C=O) groups is 1. The van der Waals surface area contributed by atoms with E-state index in [-0.39, 0.29) is 17.9 Å². The number of ether oxygens (including phenoxy) is 1. The summed E-state index contributed by atoms with van der Waals surface area (Å²) in [5.41, 5.74) is 6.27. The monoisotopic (exact) mass is 210 g/mol. The predicted molar refractivity (Wildman–Crippen MR) is 55.2 cm³/mol. The summed E-state index contributed by atoms with van der Waals surface area (Å²) in [7, 11) is 0. The number of nitrogens with two attached hydrogens (primary N) is 1. The number of rotatable bonds is 4. The van der Waals surface area contributed by atoms with Gasteiger partial charge in [0.2, 0.25) is 5.56 Å². The minimum atomic E-state index is -0.444. The van der Waals surface area contributed by atoms with Crippen LogP contribution in [0.15, 0.2) is 23.1 Å². The van der Waals surface area contributed by atoms with Crippen LogP contribution in [0, 0.1) is 0 Å². The van der Waals surface area contributed by atoms with Gasteiger partial charge < -0.3 is 15.5 Å². The number of aromatic nitrogens is 1. The highest BCUT2D eigenvalue weighted by Gasteiger charge is 2.12. The zero-order chi connectivity index (χ0) is 11.3. The number of hydrogen-bond donors (Lipinski definition) is 2. The zero-order valence-corrected chi connectivity index (χ0v) is 8.53. The molecule has 15 heavy (non-hydrogen) atoms. The van der Waals surface area contributed by atoms with Gasteiger partial charge >= 0.3 is 5.97 Å². The average Bonchev–Trinajstić information content (AvgIpc) is 2.18. The Hall–Kier alpha value is -1.62. The molecule has 3 N–H and O–H groups in total. The van der Waals surface area contributed by atoms with E-state index in [0.29, 0.717) is 12.2 Å². The van der Waals surface area contributed by atoms with Crippen LogP contribution in [0.4, 0.5) is 0 Å². The molecule has 1 heterocycles. The molecule has 0 aliphatic rings. The van der Waals surface area contributed by atoms with E-state index in [0.717, 1.165) is 0 Å². The fourth-order valence-corrected chi connectivity index (χ4v) is 1.17. The zero-order valence-electron chi connectivity index (χ0n) is 8.53. The molecule has 0 spiro atoms. The molecule has 1 rings (SSSR count). The first-order valence-corrected chi connectivity index (χ1v) is 4.73. The van der Waals surface area contributed by atoms with Crippen molar-refractivity contribution in [3.05, 3.63) is 34.2 Å². The molecule has 1 atom stereocenters. The first kappa shape index (κ1) is 11.5. The van der Waals surface area contributed by atoms with Crippen LogP contribution >= 0.6 is 0 Å². The van der Waals surface area contributed by atoms with Gasteiger partial charge in [-0.15, -0.1) is 0 Å². The summed E-state index contributed by atoms with van der Waals surface area (Å²) in [4.78, 5) is 24.4. The maximum atomic E-state index is 11.1. The second-order valence-electron chi connectivity index (χ2n) is 3.10. The van der Waals surface area contributed by atoms with Gasteiger partial charge in [0.15, 0.2) is 0 Å². The average molecular weight is 210 g/mol. The fourth-order valence-electron chi connectivity index (χ4n) is 1.17. The predicted octanol–water partition coefficient (Wildman–Crippen LogP) is 0.328. The van der Waals surface area contributed by atoms with E-state index in [2.05, 4.69) is 4.98 Å². The van der Waals surface area contributed by atoms with Crippen molar-refractivity contribution in [1.29, 1.82) is 0 Å². The fraction of sp³-hybridized carbons (Fsp3) is 0.400. The molecule has 1 aromatic rings. The van der Waals surface area contributed by atoms with Crippen molar-refractivity contribution in [2.75, 3.05) is 6.61 Å². The Kier molecular flexibility index (Phi) is 4.05. The van der Waals surface area contributed by atoms with Crippen molar-refractivity contribution >= 4 is 5.97 Å². The molecule has 0 aliphatic carbocycles. The van der Waals surface area contributed by atoms with Gasteiger partial charge in [0.05, 0.1) is 13.0 Å². The topological polar surface area (TPSA) is 85.2 Å². The largest absolute Gasteiger partial charge is 0.466 e. The van der Waals surface area contributed by atoms with Crippen LogP contribution in [0.1, 0.15) is 24.9 Å². The molecule has 0 saturated carbocycles. The smallest absolute Gasteiger partial charge is 0.307 e. The quantitative estimate of drug-likeness (QED) is 0.701. The number of hydrogen-bond acceptors (Lipinski definition) is 4. The highest BCUT2D eigenvalue weighted by atomic mass is 16.5. The van der Waals surface area contributed by atoms with E-state index in [4.69, 9.17) is 10.5 Å². The van der Waals surface area contributed by atoms with Gasteiger partial charge in [0.25, 0.3) is 0 Å². The second-order valence-corrected chi connectivity index (χ2v) is 3.10. The van der Waals surface area contributed by atoms with Crippen molar-refractivity contribution in [1.82, 2.24) is 4.98 Å². The SMILES string of the molecule is CCOC(=O)CC(N)c1ccc(=O)[nH]c1. The summed E-state index contributed by atoms with van der Waals surface area (Å²) in [6.45, 7) is 2.08. The van der Waals surface area contributed by atoms with Crippen molar-refractivity contribution in [3.8, 4) is 0 Å². The van der Waals surface area contributed by atoms with E-state index in [1.807, 2.05) is 0 Å². The van der Waals surface area contributed by atoms with Gasteiger partial charge in [-0.1, -0.05) is 6.07 Å². The van der Waals surface area contributed by atoms with E-state index in [1.54, 1.807) is 13.0 Å². The Morgan fingerprint density at radius 3 is 2.87 bits per heavy atom. The molecule has 0 aromatic carbocycles. The molecule has 0 fully saturated rings. The van der Waals surface area contributed by atoms with Crippen LogP contribution in [-0.4, -0.2) is 17.6 Å². The highest BCUT2D eigenvalue weighted by Crippen LogP contribution is 2.11. The summed E-state index contributed by atoms with van der Waals surface area (Å²) in [5.74, 6) is -0.337. The number of pyridine rings is 1. The van der Waals surface area contributed by atoms with Crippen LogP contribution in [-0.2, 0) is 9.53 Å². The van der Waals surface area contributed by atoms with Crippen molar-refractivity contribution in [2.24, 2.45) is 5.73 Å². The lowest BCUT2D eigenvalue weighted by Crippen LogP contribution is -2.18. The molecular weight excluding hydrogens is 196 g/mol. The lowest BCUT2D eigenvalue weighted by atomic mass is 10.1. The Morgan fingerprint density at radius 1 is 1.60 bits per heavy atom. The lowest BCUT2D eigenvalue weighted by molar-refractivity contribution is -0.143.